The molecule has 0 saturated heterocycles. The lowest BCUT2D eigenvalue weighted by atomic mass is 9.95. The van der Waals surface area contributed by atoms with Gasteiger partial charge in [0.1, 0.15) is 5.65 Å². The van der Waals surface area contributed by atoms with Crippen molar-refractivity contribution in [3.05, 3.63) is 28.5 Å². The lowest BCUT2D eigenvalue weighted by Gasteiger charge is -2.08. The topological polar surface area (TPSA) is 45.8 Å². The molecule has 96 valence electrons. The summed E-state index contributed by atoms with van der Waals surface area (Å²) < 4.78 is 0.893. The van der Waals surface area contributed by atoms with E-state index in [2.05, 4.69) is 32.8 Å². The lowest BCUT2D eigenvalue weighted by Crippen LogP contribution is -2.10. The summed E-state index contributed by atoms with van der Waals surface area (Å²) in [5.74, 6) is 0.275. The van der Waals surface area contributed by atoms with E-state index >= 15 is 0 Å². The molecule has 0 aliphatic carbocycles. The number of Topliss-reactive ketones (excluding diaryl/α,β-unsaturated/α-hetero) is 1. The Morgan fingerprint density at radius 1 is 1.56 bits per heavy atom. The molecule has 18 heavy (non-hydrogen) atoms. The zero-order valence-corrected chi connectivity index (χ0v) is 12.3. The first-order valence-electron chi connectivity index (χ1n) is 6.30. The second-order valence-corrected chi connectivity index (χ2v) is 5.58. The maximum atomic E-state index is 12.4. The summed E-state index contributed by atoms with van der Waals surface area (Å²) in [5.41, 5.74) is 1.52. The summed E-state index contributed by atoms with van der Waals surface area (Å²) in [6.45, 7) is 4.15. The highest BCUT2D eigenvalue weighted by molar-refractivity contribution is 9.10. The molecule has 0 aliphatic heterocycles. The molecule has 3 nitrogen and oxygen atoms in total. The standard InChI is InChI=1S/C14H17BrN2O/c1-3-4-5-9(2)13(18)12-8-17-14-11(12)6-10(15)7-16-14/h6-9H,3-5H2,1-2H3,(H,16,17). The summed E-state index contributed by atoms with van der Waals surface area (Å²) in [7, 11) is 0. The number of carbonyl (C=O) groups excluding carboxylic acids is 1. The van der Waals surface area contributed by atoms with Gasteiger partial charge < -0.3 is 4.98 Å². The maximum Gasteiger partial charge on any atom is 0.167 e. The van der Waals surface area contributed by atoms with E-state index in [1.54, 1.807) is 12.4 Å². The first-order valence-corrected chi connectivity index (χ1v) is 7.09. The minimum absolute atomic E-state index is 0.0722. The number of H-pyrrole nitrogens is 1. The number of aromatic nitrogens is 2. The highest BCUT2D eigenvalue weighted by Crippen LogP contribution is 2.24. The van der Waals surface area contributed by atoms with Gasteiger partial charge in [-0.05, 0) is 28.4 Å². The summed E-state index contributed by atoms with van der Waals surface area (Å²) in [4.78, 5) is 19.7. The van der Waals surface area contributed by atoms with E-state index in [-0.39, 0.29) is 11.7 Å². The number of pyridine rings is 1. The van der Waals surface area contributed by atoms with Crippen LogP contribution >= 0.6 is 15.9 Å². The Kier molecular flexibility index (Phi) is 4.17. The van der Waals surface area contributed by atoms with Crippen LogP contribution in [0.1, 0.15) is 43.5 Å². The molecule has 0 saturated carbocycles. The first kappa shape index (κ1) is 13.3. The Balaban J connectivity index is 2.30. The van der Waals surface area contributed by atoms with Crippen LogP contribution < -0.4 is 0 Å². The van der Waals surface area contributed by atoms with Crippen molar-refractivity contribution in [2.45, 2.75) is 33.1 Å². The number of unbranched alkanes of at least 4 members (excludes halogenated alkanes) is 1. The van der Waals surface area contributed by atoms with E-state index in [4.69, 9.17) is 0 Å². The summed E-state index contributed by atoms with van der Waals surface area (Å²) in [5, 5.41) is 0.901. The third kappa shape index (κ3) is 2.64. The van der Waals surface area contributed by atoms with Crippen LogP contribution in [-0.2, 0) is 0 Å². The van der Waals surface area contributed by atoms with Gasteiger partial charge in [0.15, 0.2) is 5.78 Å². The van der Waals surface area contributed by atoms with Crippen molar-refractivity contribution in [1.29, 1.82) is 0 Å². The van der Waals surface area contributed by atoms with Gasteiger partial charge in [-0.3, -0.25) is 4.79 Å². The molecule has 0 fully saturated rings. The van der Waals surface area contributed by atoms with Crippen molar-refractivity contribution < 1.29 is 4.79 Å². The second kappa shape index (κ2) is 5.65. The smallest absolute Gasteiger partial charge is 0.167 e. The molecule has 1 unspecified atom stereocenters. The first-order chi connectivity index (χ1) is 8.63. The molecule has 2 aromatic heterocycles. The van der Waals surface area contributed by atoms with Gasteiger partial charge in [-0.2, -0.15) is 0 Å². The van der Waals surface area contributed by atoms with Crippen LogP contribution in [0.5, 0.6) is 0 Å². The summed E-state index contributed by atoms with van der Waals surface area (Å²) in [6.07, 6.45) is 6.67. The van der Waals surface area contributed by atoms with Gasteiger partial charge in [-0.1, -0.05) is 26.7 Å². The fraction of sp³-hybridized carbons (Fsp3) is 0.429. The molecular formula is C14H17BrN2O. The van der Waals surface area contributed by atoms with Crippen LogP contribution in [0.4, 0.5) is 0 Å². The SMILES string of the molecule is CCCCC(C)C(=O)c1c[nH]c2ncc(Br)cc12. The maximum absolute atomic E-state index is 12.4. The van der Waals surface area contributed by atoms with Crippen molar-refractivity contribution >= 4 is 32.7 Å². The van der Waals surface area contributed by atoms with Crippen LogP contribution in [0, 0.1) is 5.92 Å². The second-order valence-electron chi connectivity index (χ2n) is 4.66. The van der Waals surface area contributed by atoms with Gasteiger partial charge >= 0.3 is 0 Å². The number of hydrogen-bond donors (Lipinski definition) is 1. The van der Waals surface area contributed by atoms with Crippen LogP contribution in [0.15, 0.2) is 22.9 Å². The summed E-state index contributed by atoms with van der Waals surface area (Å²) >= 11 is 3.39. The number of fused-ring (bicyclic) bond motifs is 1. The molecule has 0 aliphatic rings. The number of aromatic amines is 1. The van der Waals surface area contributed by atoms with E-state index in [0.717, 1.165) is 40.3 Å². The Hall–Kier alpha value is -1.16. The average molecular weight is 309 g/mol. The van der Waals surface area contributed by atoms with Gasteiger partial charge in [-0.25, -0.2) is 4.98 Å². The van der Waals surface area contributed by atoms with E-state index in [9.17, 15) is 4.79 Å². The highest BCUT2D eigenvalue weighted by Gasteiger charge is 2.18. The fourth-order valence-electron chi connectivity index (χ4n) is 2.09. The molecule has 2 aromatic rings. The molecule has 0 amide bonds. The van der Waals surface area contributed by atoms with Crippen LogP contribution in [-0.4, -0.2) is 15.8 Å². The Labute approximate surface area is 115 Å². The Morgan fingerprint density at radius 3 is 3.06 bits per heavy atom. The largest absolute Gasteiger partial charge is 0.345 e. The molecule has 4 heteroatoms. The molecule has 0 spiro atoms. The predicted molar refractivity (Wildman–Crippen MR) is 76.8 cm³/mol. The number of nitrogens with one attached hydrogen (secondary N) is 1. The number of ketones is 1. The number of halogens is 1. The average Bonchev–Trinajstić information content (AvgIpc) is 2.77. The van der Waals surface area contributed by atoms with Crippen LogP contribution in [0.2, 0.25) is 0 Å². The van der Waals surface area contributed by atoms with E-state index in [1.165, 1.54) is 0 Å². The fourth-order valence-corrected chi connectivity index (χ4v) is 2.42. The third-order valence-electron chi connectivity index (χ3n) is 3.20. The monoisotopic (exact) mass is 308 g/mol. The number of carbonyl (C=O) groups is 1. The van der Waals surface area contributed by atoms with E-state index < -0.39 is 0 Å². The molecule has 0 aromatic carbocycles. The van der Waals surface area contributed by atoms with Crippen molar-refractivity contribution in [1.82, 2.24) is 9.97 Å². The van der Waals surface area contributed by atoms with Crippen molar-refractivity contribution in [2.24, 2.45) is 5.92 Å². The van der Waals surface area contributed by atoms with Crippen molar-refractivity contribution in [3.8, 4) is 0 Å². The normalized spacial score (nSPS) is 12.8. The lowest BCUT2D eigenvalue weighted by molar-refractivity contribution is 0.0924. The molecular weight excluding hydrogens is 292 g/mol. The zero-order chi connectivity index (χ0) is 13.1. The summed E-state index contributed by atoms with van der Waals surface area (Å²) in [6, 6.07) is 1.94. The highest BCUT2D eigenvalue weighted by atomic mass is 79.9. The van der Waals surface area contributed by atoms with E-state index in [0.29, 0.717) is 0 Å². The van der Waals surface area contributed by atoms with Crippen molar-refractivity contribution in [3.63, 3.8) is 0 Å². The molecule has 1 atom stereocenters. The van der Waals surface area contributed by atoms with Crippen molar-refractivity contribution in [2.75, 3.05) is 0 Å². The van der Waals surface area contributed by atoms with Gasteiger partial charge in [0.25, 0.3) is 0 Å². The number of rotatable bonds is 5. The minimum Gasteiger partial charge on any atom is -0.345 e. The van der Waals surface area contributed by atoms with Gasteiger partial charge in [0, 0.05) is 33.7 Å². The van der Waals surface area contributed by atoms with Gasteiger partial charge in [0.2, 0.25) is 0 Å². The molecule has 0 bridgehead atoms. The van der Waals surface area contributed by atoms with Gasteiger partial charge in [0.05, 0.1) is 0 Å². The third-order valence-corrected chi connectivity index (χ3v) is 3.64. The van der Waals surface area contributed by atoms with Crippen LogP contribution in [0.3, 0.4) is 0 Å². The van der Waals surface area contributed by atoms with Crippen LogP contribution in [0.25, 0.3) is 11.0 Å². The zero-order valence-electron chi connectivity index (χ0n) is 10.7. The van der Waals surface area contributed by atoms with E-state index in [1.807, 2.05) is 13.0 Å². The molecule has 0 radical (unpaired) electrons. The predicted octanol–water partition coefficient (Wildman–Crippen LogP) is 4.33. The molecule has 1 N–H and O–H groups in total. The van der Waals surface area contributed by atoms with Gasteiger partial charge in [-0.15, -0.1) is 0 Å². The molecule has 2 heterocycles. The Bertz CT molecular complexity index is 562. The minimum atomic E-state index is 0.0722. The Morgan fingerprint density at radius 2 is 2.33 bits per heavy atom. The number of hydrogen-bond acceptors (Lipinski definition) is 2. The number of nitrogens with zero attached hydrogens (tertiary/aromatic N) is 1. The molecule has 2 rings (SSSR count). The quantitative estimate of drug-likeness (QED) is 0.835.